The molecule has 0 saturated heterocycles. The second-order valence-electron chi connectivity index (χ2n) is 4.31. The summed E-state index contributed by atoms with van der Waals surface area (Å²) in [5.41, 5.74) is 3.26. The number of hydrazone groups is 1. The molecular weight excluding hydrogens is 348 g/mol. The van der Waals surface area contributed by atoms with E-state index in [0.717, 1.165) is 15.8 Å². The van der Waals surface area contributed by atoms with Crippen molar-refractivity contribution < 1.29 is 14.3 Å². The number of rotatable bonds is 6. The molecule has 0 aliphatic rings. The number of hydrogen-bond donors (Lipinski definition) is 1. The highest BCUT2D eigenvalue weighted by Crippen LogP contribution is 2.15. The summed E-state index contributed by atoms with van der Waals surface area (Å²) in [6.45, 7) is -0.0956. The third-order valence-corrected chi connectivity index (χ3v) is 3.23. The van der Waals surface area contributed by atoms with Gasteiger partial charge in [0, 0.05) is 4.47 Å². The van der Waals surface area contributed by atoms with Gasteiger partial charge in [0.1, 0.15) is 11.5 Å². The van der Waals surface area contributed by atoms with Crippen molar-refractivity contribution in [1.29, 1.82) is 0 Å². The number of methoxy groups -OCH3 is 1. The van der Waals surface area contributed by atoms with Crippen LogP contribution < -0.4 is 14.9 Å². The van der Waals surface area contributed by atoms with E-state index in [0.29, 0.717) is 5.75 Å². The van der Waals surface area contributed by atoms with Crippen molar-refractivity contribution in [1.82, 2.24) is 5.43 Å². The average molecular weight is 363 g/mol. The molecule has 0 spiro atoms. The van der Waals surface area contributed by atoms with Gasteiger partial charge in [0.2, 0.25) is 0 Å². The fourth-order valence-electron chi connectivity index (χ4n) is 1.58. The third kappa shape index (κ3) is 5.21. The van der Waals surface area contributed by atoms with Crippen LogP contribution in [-0.4, -0.2) is 25.8 Å². The number of amides is 1. The van der Waals surface area contributed by atoms with Crippen molar-refractivity contribution in [3.63, 3.8) is 0 Å². The number of halogens is 1. The quantitative estimate of drug-likeness (QED) is 0.634. The first-order chi connectivity index (χ1) is 10.7. The standard InChI is InChI=1S/C16H15BrN2O3/c1-21-14-6-2-12(3-7-14)10-18-19-16(20)11-22-15-8-4-13(17)5-9-15/h2-10H,11H2,1H3,(H,19,20)/b18-10-. The molecule has 0 aliphatic heterocycles. The summed E-state index contributed by atoms with van der Waals surface area (Å²) in [6.07, 6.45) is 1.55. The minimum atomic E-state index is -0.326. The van der Waals surface area contributed by atoms with E-state index < -0.39 is 0 Å². The first kappa shape index (κ1) is 16.0. The number of carbonyl (C=O) groups excluding carboxylic acids is 1. The van der Waals surface area contributed by atoms with Crippen LogP contribution in [0.2, 0.25) is 0 Å². The van der Waals surface area contributed by atoms with Crippen molar-refractivity contribution >= 4 is 28.1 Å². The Morgan fingerprint density at radius 2 is 1.77 bits per heavy atom. The fraction of sp³-hybridized carbons (Fsp3) is 0.125. The molecule has 22 heavy (non-hydrogen) atoms. The average Bonchev–Trinajstić information content (AvgIpc) is 2.55. The molecule has 0 heterocycles. The Morgan fingerprint density at radius 3 is 2.41 bits per heavy atom. The topological polar surface area (TPSA) is 59.9 Å². The molecule has 2 aromatic rings. The van der Waals surface area contributed by atoms with E-state index in [-0.39, 0.29) is 12.5 Å². The van der Waals surface area contributed by atoms with Crippen LogP contribution in [0.15, 0.2) is 58.1 Å². The number of nitrogens with zero attached hydrogens (tertiary/aromatic N) is 1. The van der Waals surface area contributed by atoms with Gasteiger partial charge in [-0.2, -0.15) is 5.10 Å². The summed E-state index contributed by atoms with van der Waals surface area (Å²) in [4.78, 5) is 11.6. The fourth-order valence-corrected chi connectivity index (χ4v) is 1.85. The van der Waals surface area contributed by atoms with Gasteiger partial charge >= 0.3 is 0 Å². The van der Waals surface area contributed by atoms with Crippen LogP contribution in [0.5, 0.6) is 11.5 Å². The number of benzene rings is 2. The van der Waals surface area contributed by atoms with E-state index >= 15 is 0 Å². The van der Waals surface area contributed by atoms with E-state index in [2.05, 4.69) is 26.5 Å². The monoisotopic (exact) mass is 362 g/mol. The minimum absolute atomic E-state index is 0.0956. The molecule has 0 aromatic heterocycles. The summed E-state index contributed by atoms with van der Waals surface area (Å²) in [7, 11) is 1.61. The Kier molecular flexibility index (Phi) is 5.97. The Bertz CT molecular complexity index is 639. The largest absolute Gasteiger partial charge is 0.497 e. The highest BCUT2D eigenvalue weighted by molar-refractivity contribution is 9.10. The molecule has 0 unspecified atom stereocenters. The molecule has 0 saturated carbocycles. The zero-order valence-corrected chi connectivity index (χ0v) is 13.5. The smallest absolute Gasteiger partial charge is 0.277 e. The number of hydrogen-bond acceptors (Lipinski definition) is 4. The van der Waals surface area contributed by atoms with E-state index in [9.17, 15) is 4.79 Å². The first-order valence-corrected chi connectivity index (χ1v) is 7.31. The number of nitrogens with one attached hydrogen (secondary N) is 1. The third-order valence-electron chi connectivity index (χ3n) is 2.70. The van der Waals surface area contributed by atoms with Crippen molar-refractivity contribution in [2.24, 2.45) is 5.10 Å². The molecule has 2 aromatic carbocycles. The summed E-state index contributed by atoms with van der Waals surface area (Å²) in [6, 6.07) is 14.6. The van der Waals surface area contributed by atoms with Crippen molar-refractivity contribution in [3.05, 3.63) is 58.6 Å². The molecule has 1 amide bonds. The first-order valence-electron chi connectivity index (χ1n) is 6.52. The van der Waals surface area contributed by atoms with E-state index in [4.69, 9.17) is 9.47 Å². The molecule has 0 bridgehead atoms. The zero-order valence-electron chi connectivity index (χ0n) is 12.0. The maximum absolute atomic E-state index is 11.6. The van der Waals surface area contributed by atoms with Gasteiger partial charge in [0.15, 0.2) is 6.61 Å². The normalized spacial score (nSPS) is 10.5. The lowest BCUT2D eigenvalue weighted by Crippen LogP contribution is -2.24. The van der Waals surface area contributed by atoms with Crippen molar-refractivity contribution in [3.8, 4) is 11.5 Å². The van der Waals surface area contributed by atoms with Gasteiger partial charge in [-0.25, -0.2) is 5.43 Å². The van der Waals surface area contributed by atoms with E-state index in [1.165, 1.54) is 0 Å². The highest BCUT2D eigenvalue weighted by Gasteiger charge is 2.01. The number of carbonyl (C=O) groups is 1. The predicted octanol–water partition coefficient (Wildman–Crippen LogP) is 2.99. The van der Waals surface area contributed by atoms with Crippen LogP contribution in [0.1, 0.15) is 5.56 Å². The van der Waals surface area contributed by atoms with Crippen LogP contribution in [0, 0.1) is 0 Å². The summed E-state index contributed by atoms with van der Waals surface area (Å²) < 4.78 is 11.3. The molecule has 114 valence electrons. The molecular formula is C16H15BrN2O3. The predicted molar refractivity (Wildman–Crippen MR) is 88.4 cm³/mol. The summed E-state index contributed by atoms with van der Waals surface area (Å²) >= 11 is 3.33. The molecule has 0 atom stereocenters. The molecule has 0 aliphatic carbocycles. The van der Waals surface area contributed by atoms with Gasteiger partial charge in [-0.05, 0) is 54.1 Å². The maximum atomic E-state index is 11.6. The summed E-state index contributed by atoms with van der Waals surface area (Å²) in [5, 5.41) is 3.87. The zero-order chi connectivity index (χ0) is 15.8. The molecule has 5 nitrogen and oxygen atoms in total. The van der Waals surface area contributed by atoms with Gasteiger partial charge in [0.25, 0.3) is 5.91 Å². The molecule has 0 fully saturated rings. The lowest BCUT2D eigenvalue weighted by atomic mass is 10.2. The second kappa shape index (κ2) is 8.19. The highest BCUT2D eigenvalue weighted by atomic mass is 79.9. The van der Waals surface area contributed by atoms with Crippen LogP contribution >= 0.6 is 15.9 Å². The summed E-state index contributed by atoms with van der Waals surface area (Å²) in [5.74, 6) is 1.06. The lowest BCUT2D eigenvalue weighted by molar-refractivity contribution is -0.123. The molecule has 2 rings (SSSR count). The number of ether oxygens (including phenoxy) is 2. The lowest BCUT2D eigenvalue weighted by Gasteiger charge is -2.04. The Labute approximate surface area is 137 Å². The molecule has 1 N–H and O–H groups in total. The van der Waals surface area contributed by atoms with Gasteiger partial charge in [-0.1, -0.05) is 15.9 Å². The Morgan fingerprint density at radius 1 is 1.14 bits per heavy atom. The van der Waals surface area contributed by atoms with Crippen LogP contribution in [0.3, 0.4) is 0 Å². The van der Waals surface area contributed by atoms with Gasteiger partial charge < -0.3 is 9.47 Å². The maximum Gasteiger partial charge on any atom is 0.277 e. The van der Waals surface area contributed by atoms with Crippen LogP contribution in [0.25, 0.3) is 0 Å². The van der Waals surface area contributed by atoms with E-state index in [1.807, 2.05) is 36.4 Å². The Hall–Kier alpha value is -2.34. The molecule has 6 heteroatoms. The molecule has 0 radical (unpaired) electrons. The van der Waals surface area contributed by atoms with Crippen LogP contribution in [-0.2, 0) is 4.79 Å². The van der Waals surface area contributed by atoms with Gasteiger partial charge in [-0.15, -0.1) is 0 Å². The van der Waals surface area contributed by atoms with Crippen LogP contribution in [0.4, 0.5) is 0 Å². The Balaban J connectivity index is 1.76. The van der Waals surface area contributed by atoms with Gasteiger partial charge in [-0.3, -0.25) is 4.79 Å². The second-order valence-corrected chi connectivity index (χ2v) is 5.22. The minimum Gasteiger partial charge on any atom is -0.497 e. The van der Waals surface area contributed by atoms with Gasteiger partial charge in [0.05, 0.1) is 13.3 Å². The van der Waals surface area contributed by atoms with Crippen molar-refractivity contribution in [2.75, 3.05) is 13.7 Å². The van der Waals surface area contributed by atoms with Crippen molar-refractivity contribution in [2.45, 2.75) is 0 Å². The van der Waals surface area contributed by atoms with E-state index in [1.54, 1.807) is 25.5 Å². The SMILES string of the molecule is COc1ccc(/C=N\NC(=O)COc2ccc(Br)cc2)cc1.